The Morgan fingerprint density at radius 3 is 2.56 bits per heavy atom. The first-order chi connectivity index (χ1) is 8.37. The van der Waals surface area contributed by atoms with E-state index >= 15 is 0 Å². The number of rotatable bonds is 7. The molecule has 0 radical (unpaired) electrons. The van der Waals surface area contributed by atoms with Gasteiger partial charge in [0, 0.05) is 30.9 Å². The van der Waals surface area contributed by atoms with Crippen molar-refractivity contribution in [1.82, 2.24) is 15.1 Å². The number of aromatic nitrogens is 2. The molecule has 18 heavy (non-hydrogen) atoms. The zero-order valence-electron chi connectivity index (χ0n) is 10.7. The van der Waals surface area contributed by atoms with Crippen LogP contribution in [0.2, 0.25) is 0 Å². The van der Waals surface area contributed by atoms with Crippen LogP contribution in [0.4, 0.5) is 13.2 Å². The highest BCUT2D eigenvalue weighted by atomic mass is 19.4. The lowest BCUT2D eigenvalue weighted by molar-refractivity contribution is -0.135. The predicted molar refractivity (Wildman–Crippen MR) is 64.2 cm³/mol. The quantitative estimate of drug-likeness (QED) is 0.819. The van der Waals surface area contributed by atoms with Crippen LogP contribution in [-0.4, -0.2) is 28.0 Å². The summed E-state index contributed by atoms with van der Waals surface area (Å²) in [5, 5.41) is 7.36. The third-order valence-corrected chi connectivity index (χ3v) is 2.69. The summed E-state index contributed by atoms with van der Waals surface area (Å²) < 4.78 is 37.8. The predicted octanol–water partition coefficient (Wildman–Crippen LogP) is 2.98. The van der Waals surface area contributed by atoms with E-state index in [4.69, 9.17) is 0 Å². The van der Waals surface area contributed by atoms with Crippen LogP contribution in [-0.2, 0) is 6.54 Å². The second-order valence-corrected chi connectivity index (χ2v) is 4.70. The molecule has 0 spiro atoms. The lowest BCUT2D eigenvalue weighted by Gasteiger charge is -2.20. The fraction of sp³-hybridized carbons (Fsp3) is 0.750. The molecule has 0 aliphatic heterocycles. The topological polar surface area (TPSA) is 29.9 Å². The Hall–Kier alpha value is -1.04. The molecule has 0 amide bonds. The molecule has 1 aromatic heterocycles. The molecule has 1 heterocycles. The second kappa shape index (κ2) is 6.78. The van der Waals surface area contributed by atoms with Gasteiger partial charge < -0.3 is 5.32 Å². The summed E-state index contributed by atoms with van der Waals surface area (Å²) in [4.78, 5) is 0. The van der Waals surface area contributed by atoms with Crippen molar-refractivity contribution in [2.24, 2.45) is 0 Å². The highest BCUT2D eigenvalue weighted by Crippen LogP contribution is 2.22. The van der Waals surface area contributed by atoms with E-state index in [-0.39, 0.29) is 18.5 Å². The fourth-order valence-electron chi connectivity index (χ4n) is 1.92. The van der Waals surface area contributed by atoms with E-state index in [1.807, 2.05) is 26.1 Å². The van der Waals surface area contributed by atoms with Crippen LogP contribution in [0.1, 0.15) is 33.1 Å². The van der Waals surface area contributed by atoms with Crippen molar-refractivity contribution in [2.45, 2.75) is 57.9 Å². The molecule has 0 fully saturated rings. The van der Waals surface area contributed by atoms with Crippen LogP contribution in [0.3, 0.4) is 0 Å². The van der Waals surface area contributed by atoms with Crippen LogP contribution in [0.15, 0.2) is 18.5 Å². The third kappa shape index (κ3) is 6.64. The minimum atomic E-state index is -4.04. The molecule has 3 nitrogen and oxygen atoms in total. The molecule has 0 aromatic carbocycles. The van der Waals surface area contributed by atoms with Crippen LogP contribution < -0.4 is 5.32 Å². The van der Waals surface area contributed by atoms with Crippen molar-refractivity contribution in [2.75, 3.05) is 0 Å². The third-order valence-electron chi connectivity index (χ3n) is 2.69. The monoisotopic (exact) mass is 263 g/mol. The molecule has 2 unspecified atom stereocenters. The summed E-state index contributed by atoms with van der Waals surface area (Å²) >= 11 is 0. The number of alkyl halides is 3. The Morgan fingerprint density at radius 2 is 2.00 bits per heavy atom. The Balaban J connectivity index is 2.17. The highest BCUT2D eigenvalue weighted by molar-refractivity contribution is 4.79. The van der Waals surface area contributed by atoms with E-state index in [1.165, 1.54) is 0 Å². The van der Waals surface area contributed by atoms with Gasteiger partial charge in [-0.2, -0.15) is 18.3 Å². The van der Waals surface area contributed by atoms with Gasteiger partial charge in [0.05, 0.1) is 6.54 Å². The van der Waals surface area contributed by atoms with Gasteiger partial charge in [-0.15, -0.1) is 0 Å². The summed E-state index contributed by atoms with van der Waals surface area (Å²) in [7, 11) is 0. The number of nitrogens with one attached hydrogen (secondary N) is 1. The van der Waals surface area contributed by atoms with Gasteiger partial charge in [0.2, 0.25) is 0 Å². The number of hydrogen-bond acceptors (Lipinski definition) is 2. The number of halogens is 3. The smallest absolute Gasteiger partial charge is 0.310 e. The molecule has 1 rings (SSSR count). The van der Waals surface area contributed by atoms with Crippen molar-refractivity contribution < 1.29 is 13.2 Å². The van der Waals surface area contributed by atoms with Crippen LogP contribution in [0, 0.1) is 0 Å². The minimum absolute atomic E-state index is 0.0814. The van der Waals surface area contributed by atoms with Gasteiger partial charge in [-0.1, -0.05) is 0 Å². The van der Waals surface area contributed by atoms with E-state index in [0.29, 0.717) is 6.42 Å². The average Bonchev–Trinajstić information content (AvgIpc) is 2.67. The summed E-state index contributed by atoms with van der Waals surface area (Å²) in [6, 6.07) is 2.11. The first-order valence-corrected chi connectivity index (χ1v) is 6.17. The van der Waals surface area contributed by atoms with Gasteiger partial charge in [0.25, 0.3) is 0 Å². The van der Waals surface area contributed by atoms with E-state index in [1.54, 1.807) is 10.9 Å². The molecule has 2 atom stereocenters. The Bertz CT molecular complexity index is 322. The van der Waals surface area contributed by atoms with E-state index < -0.39 is 12.6 Å². The van der Waals surface area contributed by atoms with E-state index in [2.05, 4.69) is 10.4 Å². The SMILES string of the molecule is CC(CCCC(F)(F)F)NC(C)Cn1cccn1. The van der Waals surface area contributed by atoms with Crippen molar-refractivity contribution in [3.8, 4) is 0 Å². The molecule has 0 aliphatic rings. The Labute approximate surface area is 105 Å². The van der Waals surface area contributed by atoms with Gasteiger partial charge in [0.1, 0.15) is 0 Å². The number of nitrogens with zero attached hydrogens (tertiary/aromatic N) is 2. The molecule has 1 aromatic rings. The highest BCUT2D eigenvalue weighted by Gasteiger charge is 2.26. The summed E-state index contributed by atoms with van der Waals surface area (Å²) in [6.45, 7) is 4.63. The molecular formula is C12H20F3N3. The molecule has 6 heteroatoms. The van der Waals surface area contributed by atoms with Crippen molar-refractivity contribution in [3.05, 3.63) is 18.5 Å². The Kier molecular flexibility index (Phi) is 5.65. The summed E-state index contributed by atoms with van der Waals surface area (Å²) in [6.07, 6.45) is -0.464. The average molecular weight is 263 g/mol. The lowest BCUT2D eigenvalue weighted by atomic mass is 10.1. The molecule has 1 N–H and O–H groups in total. The van der Waals surface area contributed by atoms with Crippen molar-refractivity contribution >= 4 is 0 Å². The van der Waals surface area contributed by atoms with Crippen LogP contribution >= 0.6 is 0 Å². The van der Waals surface area contributed by atoms with E-state index in [9.17, 15) is 13.2 Å². The maximum atomic E-state index is 12.0. The van der Waals surface area contributed by atoms with Gasteiger partial charge >= 0.3 is 6.18 Å². The fourth-order valence-corrected chi connectivity index (χ4v) is 1.92. The van der Waals surface area contributed by atoms with E-state index in [0.717, 1.165) is 6.54 Å². The summed E-state index contributed by atoms with van der Waals surface area (Å²) in [5.41, 5.74) is 0. The molecule has 104 valence electrons. The summed E-state index contributed by atoms with van der Waals surface area (Å²) in [5.74, 6) is 0. The van der Waals surface area contributed by atoms with Gasteiger partial charge in [0.15, 0.2) is 0 Å². The Morgan fingerprint density at radius 1 is 1.28 bits per heavy atom. The van der Waals surface area contributed by atoms with Crippen molar-refractivity contribution in [1.29, 1.82) is 0 Å². The van der Waals surface area contributed by atoms with Gasteiger partial charge in [-0.25, -0.2) is 0 Å². The van der Waals surface area contributed by atoms with Crippen molar-refractivity contribution in [3.63, 3.8) is 0 Å². The molecular weight excluding hydrogens is 243 g/mol. The number of hydrogen-bond donors (Lipinski definition) is 1. The first-order valence-electron chi connectivity index (χ1n) is 6.17. The van der Waals surface area contributed by atoms with Crippen LogP contribution in [0.25, 0.3) is 0 Å². The first kappa shape index (κ1) is 15.0. The second-order valence-electron chi connectivity index (χ2n) is 4.70. The zero-order valence-corrected chi connectivity index (χ0v) is 10.7. The van der Waals surface area contributed by atoms with Gasteiger partial charge in [-0.3, -0.25) is 4.68 Å². The minimum Gasteiger partial charge on any atom is -0.310 e. The lowest BCUT2D eigenvalue weighted by Crippen LogP contribution is -2.37. The van der Waals surface area contributed by atoms with Gasteiger partial charge in [-0.05, 0) is 32.8 Å². The maximum absolute atomic E-state index is 12.0. The van der Waals surface area contributed by atoms with Crippen LogP contribution in [0.5, 0.6) is 0 Å². The zero-order chi connectivity index (χ0) is 13.6. The largest absolute Gasteiger partial charge is 0.389 e. The molecule has 0 aliphatic carbocycles. The maximum Gasteiger partial charge on any atom is 0.389 e. The molecule has 0 bridgehead atoms. The molecule has 0 saturated heterocycles. The normalized spacial score (nSPS) is 15.6. The molecule has 0 saturated carbocycles. The standard InChI is InChI=1S/C12H20F3N3/c1-10(5-3-6-12(13,14)15)17-11(2)9-18-8-4-7-16-18/h4,7-8,10-11,17H,3,5-6,9H2,1-2H3.